The average Bonchev–Trinajstić information content (AvgIpc) is 1.67. The van der Waals surface area contributed by atoms with E-state index in [1.165, 1.54) is 11.1 Å². The van der Waals surface area contributed by atoms with Crippen molar-refractivity contribution in [1.29, 1.82) is 0 Å². The van der Waals surface area contributed by atoms with Crippen LogP contribution in [0.15, 0.2) is 241 Å². The molecule has 4 heterocycles. The molecule has 15 rings (SSSR count). The molecule has 2 aliphatic heterocycles. The smallest absolute Gasteiger partial charge is 0.416 e. The predicted octanol–water partition coefficient (Wildman–Crippen LogP) is 23.5. The second kappa shape index (κ2) is 24.3. The topological polar surface area (TPSA) is 22.9 Å². The molecule has 0 amide bonds. The number of furan rings is 1. The van der Waals surface area contributed by atoms with Crippen LogP contribution in [0.5, 0.6) is 0 Å². The van der Waals surface area contributed by atoms with Gasteiger partial charge in [0.25, 0.3) is 6.71 Å². The monoisotopic (exact) mass is 1410 g/mol. The van der Waals surface area contributed by atoms with E-state index in [1.54, 1.807) is 35.6 Å². The summed E-state index contributed by atoms with van der Waals surface area (Å²) >= 11 is 1.79. The maximum absolute atomic E-state index is 15.1. The minimum atomic E-state index is -4.67. The van der Waals surface area contributed by atoms with Crippen molar-refractivity contribution in [2.45, 2.75) is 143 Å². The Bertz CT molecular complexity index is 5320. The first-order valence-electron chi connectivity index (χ1n) is 35.5. The summed E-state index contributed by atoms with van der Waals surface area (Å²) < 4.78 is 100. The van der Waals surface area contributed by atoms with Crippen LogP contribution >= 0.6 is 11.3 Å². The van der Waals surface area contributed by atoms with Crippen molar-refractivity contribution in [2.75, 3.05) is 14.7 Å². The Hall–Kier alpha value is -9.56. The molecule has 4 nitrogen and oxygen atoms in total. The van der Waals surface area contributed by atoms with Crippen LogP contribution in [0.25, 0.3) is 43.2 Å². The molecule has 0 N–H and O–H groups in total. The van der Waals surface area contributed by atoms with E-state index < -0.39 is 43.3 Å². The number of alkyl halides is 6. The molecular formula is C90H84BF6N3OSSi. The first-order valence-corrected chi connectivity index (χ1v) is 38.3. The molecule has 0 saturated carbocycles. The maximum atomic E-state index is 15.1. The highest BCUT2D eigenvalue weighted by molar-refractivity contribution is 7.33. The van der Waals surface area contributed by atoms with Crippen molar-refractivity contribution < 1.29 is 30.8 Å². The van der Waals surface area contributed by atoms with E-state index in [-0.39, 0.29) is 21.7 Å². The third-order valence-electron chi connectivity index (χ3n) is 21.4. The van der Waals surface area contributed by atoms with E-state index >= 15 is 26.3 Å². The molecule has 103 heavy (non-hydrogen) atoms. The summed E-state index contributed by atoms with van der Waals surface area (Å²) in [7, 11) is -4.04. The van der Waals surface area contributed by atoms with E-state index in [0.29, 0.717) is 16.0 Å². The van der Waals surface area contributed by atoms with Gasteiger partial charge in [-0.05, 0) is 160 Å². The van der Waals surface area contributed by atoms with Crippen molar-refractivity contribution in [1.82, 2.24) is 0 Å². The Morgan fingerprint density at radius 3 is 1.35 bits per heavy atom. The zero-order chi connectivity index (χ0) is 73.0. The Morgan fingerprint density at radius 1 is 0.379 bits per heavy atom. The van der Waals surface area contributed by atoms with Gasteiger partial charge >= 0.3 is 12.4 Å². The molecule has 0 bridgehead atoms. The lowest BCUT2D eigenvalue weighted by Crippen LogP contribution is -2.72. The zero-order valence-electron chi connectivity index (χ0n) is 61.0. The number of thiophene rings is 1. The molecule has 0 aliphatic carbocycles. The molecule has 0 fully saturated rings. The number of fused-ring (bicyclic) bond motifs is 9. The number of rotatable bonds is 9. The fourth-order valence-corrected chi connectivity index (χ4v) is 23.0. The van der Waals surface area contributed by atoms with Crippen LogP contribution in [-0.2, 0) is 34.0 Å². The lowest BCUT2D eigenvalue weighted by molar-refractivity contribution is -0.138. The number of hydrogen-bond donors (Lipinski definition) is 0. The van der Waals surface area contributed by atoms with Gasteiger partial charge in [0.2, 0.25) is 0 Å². The highest BCUT2D eigenvalue weighted by atomic mass is 32.1. The van der Waals surface area contributed by atoms with Gasteiger partial charge in [-0.2, -0.15) is 26.3 Å². The first-order chi connectivity index (χ1) is 48.5. The van der Waals surface area contributed by atoms with Gasteiger partial charge in [0.1, 0.15) is 5.58 Å². The van der Waals surface area contributed by atoms with Gasteiger partial charge < -0.3 is 19.1 Å². The minimum absolute atomic E-state index is 0.119. The highest BCUT2D eigenvalue weighted by Crippen LogP contribution is 2.53. The number of benzene rings is 11. The quantitative estimate of drug-likeness (QED) is 0.0816. The normalized spacial score (nSPS) is 13.8. The second-order valence-corrected chi connectivity index (χ2v) is 39.0. The van der Waals surface area contributed by atoms with Crippen LogP contribution in [0.2, 0.25) is 5.04 Å². The van der Waals surface area contributed by atoms with E-state index in [9.17, 15) is 0 Å². The molecule has 0 radical (unpaired) electrons. The van der Waals surface area contributed by atoms with Gasteiger partial charge in [-0.3, -0.25) is 0 Å². The van der Waals surface area contributed by atoms with Crippen molar-refractivity contribution in [3.05, 3.63) is 270 Å². The van der Waals surface area contributed by atoms with Gasteiger partial charge in [-0.15, -0.1) is 11.3 Å². The molecule has 13 aromatic rings. The van der Waals surface area contributed by atoms with Crippen LogP contribution in [0, 0.1) is 0 Å². The van der Waals surface area contributed by atoms with Gasteiger partial charge in [-0.25, -0.2) is 0 Å². The van der Waals surface area contributed by atoms with Crippen LogP contribution in [0.4, 0.5) is 77.5 Å². The number of hydrogen-bond acceptors (Lipinski definition) is 5. The predicted molar refractivity (Wildman–Crippen MR) is 425 cm³/mol. The van der Waals surface area contributed by atoms with Gasteiger partial charge in [0, 0.05) is 71.0 Å². The summed E-state index contributed by atoms with van der Waals surface area (Å²) in [5, 5.41) is 4.03. The third kappa shape index (κ3) is 11.8. The molecule has 0 spiro atoms. The fraction of sp³-hybridized carbons (Fsp3) is 0.244. The maximum Gasteiger partial charge on any atom is 0.416 e. The third-order valence-corrected chi connectivity index (χ3v) is 28.5. The van der Waals surface area contributed by atoms with E-state index in [4.69, 9.17) is 4.42 Å². The van der Waals surface area contributed by atoms with Crippen molar-refractivity contribution in [3.63, 3.8) is 0 Å². The summed E-state index contributed by atoms with van der Waals surface area (Å²) in [6.07, 6.45) is -9.34. The summed E-state index contributed by atoms with van der Waals surface area (Å²) in [5.41, 5.74) is 15.6. The van der Waals surface area contributed by atoms with E-state index in [0.717, 1.165) is 145 Å². The van der Waals surface area contributed by atoms with E-state index in [1.807, 2.05) is 18.2 Å². The van der Waals surface area contributed by atoms with Crippen LogP contribution < -0.4 is 46.0 Å². The molecule has 0 atom stereocenters. The number of nitrogens with zero attached hydrogens (tertiary/aromatic N) is 3. The Balaban J connectivity index is 1.13. The molecule has 11 aromatic carbocycles. The second-order valence-electron chi connectivity index (χ2n) is 33.2. The number of para-hydroxylation sites is 2. The first kappa shape index (κ1) is 69.2. The summed E-state index contributed by atoms with van der Waals surface area (Å²) in [6.45, 7) is 32.5. The van der Waals surface area contributed by atoms with Crippen molar-refractivity contribution in [3.8, 4) is 11.1 Å². The Kier molecular flexibility index (Phi) is 16.3. The van der Waals surface area contributed by atoms with Crippen LogP contribution in [-0.4, -0.2) is 14.8 Å². The molecule has 0 unspecified atom stereocenters. The summed E-state index contributed by atoms with van der Waals surface area (Å²) in [4.78, 5) is 7.12. The lowest BCUT2D eigenvalue weighted by Gasteiger charge is -2.48. The van der Waals surface area contributed by atoms with E-state index in [2.05, 4.69) is 288 Å². The Morgan fingerprint density at radius 2 is 0.845 bits per heavy atom. The summed E-state index contributed by atoms with van der Waals surface area (Å²) in [5.74, 6) is 0. The molecule has 13 heteroatoms. The Labute approximate surface area is 606 Å². The molecule has 0 saturated heterocycles. The standard InChI is InChI=1S/C90H84BF6N3OSSi/c1-84(2,3)56-27-38-62(39-28-56)98(63-40-29-57(30-41-63)85(4,5)6)65-44-49-73-75(52-65)100(74-26-20-25-71-70-24-19-23-69(81(70)101-82(71)74)55-21-17-16-18-22-55)77-54-68(103(88(13,14)15,66-45-33-59(34-46-66)89(92,93)94)67-47-35-60(36-48-67)90(95,96)97)53-76-79(77)91(73)83-80(72-51-61(87(10,11)12)37-50-78(72)102-83)99(76)64-42-31-58(32-43-64)86(7,8)9/h16-54H,1-15H3. The van der Waals surface area contributed by atoms with Gasteiger partial charge in [-0.1, -0.05) is 262 Å². The molecular weight excluding hydrogens is 1320 g/mol. The van der Waals surface area contributed by atoms with Crippen molar-refractivity contribution in [2.24, 2.45) is 0 Å². The largest absolute Gasteiger partial charge is 0.453 e. The number of halogens is 6. The zero-order valence-corrected chi connectivity index (χ0v) is 62.8. The highest BCUT2D eigenvalue weighted by Gasteiger charge is 2.53. The van der Waals surface area contributed by atoms with Crippen molar-refractivity contribution >= 4 is 141 Å². The minimum Gasteiger partial charge on any atom is -0.453 e. The number of anilines is 9. The summed E-state index contributed by atoms with van der Waals surface area (Å²) in [6, 6.07) is 78.6. The van der Waals surface area contributed by atoms with Gasteiger partial charge in [0.15, 0.2) is 13.7 Å². The molecule has 520 valence electrons. The van der Waals surface area contributed by atoms with Gasteiger partial charge in [0.05, 0.1) is 22.5 Å². The fourth-order valence-electron chi connectivity index (χ4n) is 16.0. The van der Waals surface area contributed by atoms with Crippen LogP contribution in [0.3, 0.4) is 0 Å². The molecule has 2 aliphatic rings. The molecule has 2 aromatic heterocycles. The lowest BCUT2D eigenvalue weighted by atomic mass is 9.36. The SMILES string of the molecule is CC(C)(C)c1ccc(N(c2ccc(C(C)(C)C)cc2)c2ccc3c(c2)N(c2cccc4c2oc2c(-c5ccccc5)cccc24)c2cc([Si](c4ccc(C(F)(F)F)cc4)(c4ccc(C(F)(F)F)cc4)C(C)(C)C)cc4c2B3c2sc3ccc(C(C)(C)C)cc3c2N4c2ccc(C(C)(C)C)cc2)cc1. The van der Waals surface area contributed by atoms with Crippen LogP contribution in [0.1, 0.15) is 137 Å². The average molecular weight is 1410 g/mol.